The Morgan fingerprint density at radius 3 is 1.73 bits per heavy atom. The van der Waals surface area contributed by atoms with Gasteiger partial charge in [0.15, 0.2) is 0 Å². The zero-order valence-electron chi connectivity index (χ0n) is 7.18. The molecule has 9 heteroatoms. The molecule has 0 amide bonds. The van der Waals surface area contributed by atoms with E-state index in [0.717, 1.165) is 0 Å². The fraction of sp³-hybridized carbons (Fsp3) is 0. The van der Waals surface area contributed by atoms with Gasteiger partial charge in [0, 0.05) is 0 Å². The van der Waals surface area contributed by atoms with Crippen molar-refractivity contribution in [2.24, 2.45) is 5.84 Å². The Labute approximate surface area is 96.5 Å². The van der Waals surface area contributed by atoms with Crippen LogP contribution in [-0.4, -0.2) is 17.5 Å². The minimum Gasteiger partial charge on any atom is -0.321 e. The van der Waals surface area contributed by atoms with Gasteiger partial charge in [0.1, 0.15) is 0 Å². The molecule has 1 aromatic carbocycles. The molecule has 1 rings (SSSR count). The number of hydrogen-bond acceptors (Lipinski definition) is 4. The lowest BCUT2D eigenvalue weighted by molar-refractivity contribution is 0.381. The maximum absolute atomic E-state index is 8.74. The van der Waals surface area contributed by atoms with Crippen molar-refractivity contribution in [3.8, 4) is 0 Å². The van der Waals surface area contributed by atoms with Crippen molar-refractivity contribution in [2.75, 3.05) is 5.43 Å². The van der Waals surface area contributed by atoms with E-state index in [1.54, 1.807) is 18.2 Å². The van der Waals surface area contributed by atoms with Crippen molar-refractivity contribution >= 4 is 39.3 Å². The van der Waals surface area contributed by atoms with E-state index in [4.69, 9.17) is 46.6 Å². The van der Waals surface area contributed by atoms with E-state index >= 15 is 0 Å². The molecule has 15 heavy (non-hydrogen) atoms. The summed E-state index contributed by atoms with van der Waals surface area (Å²) in [5, 5.41) is 1.05. The minimum absolute atomic E-state index is 0.523. The van der Waals surface area contributed by atoms with Gasteiger partial charge in [0.25, 0.3) is 0 Å². The monoisotopic (exact) mass is 274 g/mol. The summed E-state index contributed by atoms with van der Waals surface area (Å²) in [6.07, 6.45) is 0. The van der Waals surface area contributed by atoms with Gasteiger partial charge in [-0.15, -0.1) is 0 Å². The lowest BCUT2D eigenvalue weighted by atomic mass is 10.3. The largest absolute Gasteiger partial charge is 0.394 e. The predicted molar refractivity (Wildman–Crippen MR) is 58.4 cm³/mol. The number of anilines is 1. The fourth-order valence-corrected chi connectivity index (χ4v) is 1.14. The molecule has 0 aliphatic carbocycles. The molecule has 0 aliphatic heterocycles. The molecule has 86 valence electrons. The zero-order chi connectivity index (χ0) is 12.1. The molecule has 0 unspecified atom stereocenters. The van der Waals surface area contributed by atoms with E-state index in [2.05, 4.69) is 5.43 Å². The van der Waals surface area contributed by atoms with Gasteiger partial charge in [-0.1, -0.05) is 29.3 Å². The Morgan fingerprint density at radius 2 is 1.53 bits per heavy atom. The first-order chi connectivity index (χ1) is 6.75. The first-order valence-corrected chi connectivity index (χ1v) is 5.51. The molecule has 0 saturated carbocycles. The van der Waals surface area contributed by atoms with Crippen LogP contribution >= 0.6 is 23.2 Å². The summed E-state index contributed by atoms with van der Waals surface area (Å²) in [5.41, 5.74) is 2.96. The average Bonchev–Trinajstić information content (AvgIpc) is 2.01. The Bertz CT molecular complexity index is 395. The van der Waals surface area contributed by atoms with Gasteiger partial charge >= 0.3 is 10.4 Å². The lowest BCUT2D eigenvalue weighted by Crippen LogP contribution is -2.07. The Hall–Kier alpha value is -0.570. The van der Waals surface area contributed by atoms with Crippen molar-refractivity contribution < 1.29 is 17.5 Å². The molecule has 0 radical (unpaired) electrons. The van der Waals surface area contributed by atoms with Crippen LogP contribution in [-0.2, 0) is 10.4 Å². The molecule has 0 aliphatic rings. The number of nitrogens with two attached hydrogens (primary N) is 1. The molecule has 1 aromatic rings. The molecule has 6 nitrogen and oxygen atoms in total. The van der Waals surface area contributed by atoms with Crippen LogP contribution in [0, 0.1) is 0 Å². The molecule has 0 atom stereocenters. The summed E-state index contributed by atoms with van der Waals surface area (Å²) in [6, 6.07) is 5.18. The highest BCUT2D eigenvalue weighted by molar-refractivity contribution is 7.79. The lowest BCUT2D eigenvalue weighted by Gasteiger charge is -2.03. The van der Waals surface area contributed by atoms with Crippen molar-refractivity contribution in [3.05, 3.63) is 28.2 Å². The number of rotatable bonds is 1. The number of hydrazine groups is 1. The third-order valence-electron chi connectivity index (χ3n) is 1.11. The van der Waals surface area contributed by atoms with E-state index in [0.29, 0.717) is 15.7 Å². The molecule has 0 bridgehead atoms. The smallest absolute Gasteiger partial charge is 0.321 e. The van der Waals surface area contributed by atoms with Crippen LogP contribution in [0.5, 0.6) is 0 Å². The molecule has 0 heterocycles. The first-order valence-electron chi connectivity index (χ1n) is 3.36. The van der Waals surface area contributed by atoms with Crippen LogP contribution in [0.15, 0.2) is 18.2 Å². The SMILES string of the molecule is NNc1c(Cl)cccc1Cl.O=S(=O)(O)O. The van der Waals surface area contributed by atoms with Gasteiger partial charge in [0.2, 0.25) is 0 Å². The normalized spacial score (nSPS) is 10.2. The number of hydrogen-bond donors (Lipinski definition) is 4. The van der Waals surface area contributed by atoms with E-state index in [1.807, 2.05) is 0 Å². The molecule has 0 spiro atoms. The maximum Gasteiger partial charge on any atom is 0.394 e. The molecular weight excluding hydrogens is 267 g/mol. The van der Waals surface area contributed by atoms with Crippen molar-refractivity contribution in [2.45, 2.75) is 0 Å². The molecular formula is C6H8Cl2N2O4S. The zero-order valence-corrected chi connectivity index (χ0v) is 9.51. The van der Waals surface area contributed by atoms with Crippen LogP contribution in [0.25, 0.3) is 0 Å². The Balaban J connectivity index is 0.000000336. The quantitative estimate of drug-likeness (QED) is 0.352. The van der Waals surface area contributed by atoms with Gasteiger partial charge in [-0.2, -0.15) is 8.42 Å². The molecule has 0 saturated heterocycles. The average molecular weight is 275 g/mol. The molecule has 5 N–H and O–H groups in total. The van der Waals surface area contributed by atoms with Gasteiger partial charge in [-0.3, -0.25) is 14.9 Å². The Morgan fingerprint density at radius 1 is 1.20 bits per heavy atom. The summed E-state index contributed by atoms with van der Waals surface area (Å²) in [4.78, 5) is 0. The van der Waals surface area contributed by atoms with Crippen LogP contribution in [0.1, 0.15) is 0 Å². The number of para-hydroxylation sites is 1. The molecule has 0 fully saturated rings. The fourth-order valence-electron chi connectivity index (χ4n) is 0.636. The third-order valence-corrected chi connectivity index (χ3v) is 1.74. The number of nitrogens with one attached hydrogen (secondary N) is 1. The third kappa shape index (κ3) is 7.37. The topological polar surface area (TPSA) is 113 Å². The summed E-state index contributed by atoms with van der Waals surface area (Å²) < 4.78 is 31.6. The van der Waals surface area contributed by atoms with Crippen molar-refractivity contribution in [1.29, 1.82) is 0 Å². The number of nitrogen functional groups attached to an aromatic ring is 1. The summed E-state index contributed by atoms with van der Waals surface area (Å²) in [5.74, 6) is 5.13. The summed E-state index contributed by atoms with van der Waals surface area (Å²) >= 11 is 11.4. The second-order valence-corrected chi connectivity index (χ2v) is 3.90. The molecule has 0 aromatic heterocycles. The Kier molecular flexibility index (Phi) is 5.88. The highest BCUT2D eigenvalue weighted by Gasteiger charge is 2.00. The van der Waals surface area contributed by atoms with Gasteiger partial charge in [-0.05, 0) is 12.1 Å². The number of halogens is 2. The highest BCUT2D eigenvalue weighted by atomic mass is 35.5. The van der Waals surface area contributed by atoms with Gasteiger partial charge < -0.3 is 5.43 Å². The highest BCUT2D eigenvalue weighted by Crippen LogP contribution is 2.28. The minimum atomic E-state index is -4.67. The van der Waals surface area contributed by atoms with Gasteiger partial charge in [0.05, 0.1) is 15.7 Å². The van der Waals surface area contributed by atoms with Crippen LogP contribution < -0.4 is 11.3 Å². The van der Waals surface area contributed by atoms with E-state index in [9.17, 15) is 0 Å². The summed E-state index contributed by atoms with van der Waals surface area (Å²) in [7, 11) is -4.67. The van der Waals surface area contributed by atoms with E-state index < -0.39 is 10.4 Å². The standard InChI is InChI=1S/C6H6Cl2N2.H2O4S/c7-4-2-1-3-5(8)6(4)10-9;1-5(2,3)4/h1-3,10H,9H2;(H2,1,2,3,4). The van der Waals surface area contributed by atoms with Crippen molar-refractivity contribution in [1.82, 2.24) is 0 Å². The van der Waals surface area contributed by atoms with Crippen LogP contribution in [0.3, 0.4) is 0 Å². The maximum atomic E-state index is 8.74. The van der Waals surface area contributed by atoms with Gasteiger partial charge in [-0.25, -0.2) is 0 Å². The number of benzene rings is 1. The second-order valence-electron chi connectivity index (χ2n) is 2.19. The predicted octanol–water partition coefficient (Wildman–Crippen LogP) is 1.63. The van der Waals surface area contributed by atoms with E-state index in [1.165, 1.54) is 0 Å². The van der Waals surface area contributed by atoms with E-state index in [-0.39, 0.29) is 0 Å². The van der Waals surface area contributed by atoms with Crippen LogP contribution in [0.4, 0.5) is 5.69 Å². The van der Waals surface area contributed by atoms with Crippen molar-refractivity contribution in [3.63, 3.8) is 0 Å². The first kappa shape index (κ1) is 14.4. The van der Waals surface area contributed by atoms with Crippen LogP contribution in [0.2, 0.25) is 10.0 Å². The second kappa shape index (κ2) is 6.11. The summed E-state index contributed by atoms with van der Waals surface area (Å²) in [6.45, 7) is 0.